The lowest BCUT2D eigenvalue weighted by atomic mass is 10.2. The molecule has 1 saturated heterocycles. The van der Waals surface area contributed by atoms with Gasteiger partial charge in [-0.3, -0.25) is 9.69 Å². The Morgan fingerprint density at radius 3 is 2.79 bits per heavy atom. The molecule has 3 heterocycles. The monoisotopic (exact) mass is 347 g/mol. The molecule has 0 N–H and O–H groups in total. The molecular formula is C16H18ClN5O2. The van der Waals surface area contributed by atoms with E-state index >= 15 is 0 Å². The van der Waals surface area contributed by atoms with E-state index in [1.807, 2.05) is 4.90 Å². The predicted octanol–water partition coefficient (Wildman–Crippen LogP) is 1.95. The highest BCUT2D eigenvalue weighted by molar-refractivity contribution is 6.29. The quantitative estimate of drug-likeness (QED) is 0.787. The number of hydrogen-bond acceptors (Lipinski definition) is 6. The van der Waals surface area contributed by atoms with E-state index in [2.05, 4.69) is 20.0 Å². The highest BCUT2D eigenvalue weighted by Crippen LogP contribution is 2.38. The van der Waals surface area contributed by atoms with Gasteiger partial charge in [-0.2, -0.15) is 4.98 Å². The normalized spacial score (nSPS) is 18.8. The van der Waals surface area contributed by atoms with Crippen molar-refractivity contribution in [2.24, 2.45) is 0 Å². The molecule has 0 bridgehead atoms. The van der Waals surface area contributed by atoms with Crippen molar-refractivity contribution in [3.05, 3.63) is 40.8 Å². The molecule has 0 aromatic carbocycles. The average molecular weight is 348 g/mol. The fraction of sp³-hybridized carbons (Fsp3) is 0.500. The standard InChI is InChI=1S/C16H18ClN5O2/c17-13-9-12(3-4-18-13)16(23)22-7-5-21(6-8-22)10-14-19-15(24-20-14)11-1-2-11/h3-4,9,11H,1-2,5-8,10H2. The van der Waals surface area contributed by atoms with Crippen LogP contribution in [0.25, 0.3) is 0 Å². The van der Waals surface area contributed by atoms with Crippen molar-refractivity contribution in [3.63, 3.8) is 0 Å². The SMILES string of the molecule is O=C(c1ccnc(Cl)c1)N1CCN(Cc2noc(C3CC3)n2)CC1. The Morgan fingerprint density at radius 1 is 1.29 bits per heavy atom. The number of piperazine rings is 1. The number of halogens is 1. The topological polar surface area (TPSA) is 75.4 Å². The number of amides is 1. The van der Waals surface area contributed by atoms with E-state index < -0.39 is 0 Å². The third-order valence-electron chi connectivity index (χ3n) is 4.41. The lowest BCUT2D eigenvalue weighted by Gasteiger charge is -2.34. The zero-order valence-corrected chi connectivity index (χ0v) is 13.9. The van der Waals surface area contributed by atoms with E-state index in [4.69, 9.17) is 16.1 Å². The minimum Gasteiger partial charge on any atom is -0.339 e. The van der Waals surface area contributed by atoms with Gasteiger partial charge in [-0.1, -0.05) is 16.8 Å². The van der Waals surface area contributed by atoms with Crippen LogP contribution in [-0.2, 0) is 6.54 Å². The molecular weight excluding hydrogens is 330 g/mol. The van der Waals surface area contributed by atoms with Crippen molar-refractivity contribution in [1.29, 1.82) is 0 Å². The Balaban J connectivity index is 1.31. The maximum Gasteiger partial charge on any atom is 0.254 e. The van der Waals surface area contributed by atoms with Crippen molar-refractivity contribution < 1.29 is 9.32 Å². The lowest BCUT2D eigenvalue weighted by Crippen LogP contribution is -2.48. The third-order valence-corrected chi connectivity index (χ3v) is 4.62. The first-order chi connectivity index (χ1) is 11.7. The summed E-state index contributed by atoms with van der Waals surface area (Å²) < 4.78 is 5.29. The Hall–Kier alpha value is -1.99. The summed E-state index contributed by atoms with van der Waals surface area (Å²) in [5, 5.41) is 4.39. The van der Waals surface area contributed by atoms with Gasteiger partial charge in [-0.25, -0.2) is 4.98 Å². The lowest BCUT2D eigenvalue weighted by molar-refractivity contribution is 0.0624. The molecule has 0 radical (unpaired) electrons. The summed E-state index contributed by atoms with van der Waals surface area (Å²) in [5.41, 5.74) is 0.579. The fourth-order valence-corrected chi connectivity index (χ4v) is 3.03. The molecule has 8 heteroatoms. The summed E-state index contributed by atoms with van der Waals surface area (Å²) in [4.78, 5) is 24.9. The minimum absolute atomic E-state index is 0.00506. The van der Waals surface area contributed by atoms with Gasteiger partial charge < -0.3 is 9.42 Å². The van der Waals surface area contributed by atoms with Crippen molar-refractivity contribution in [2.75, 3.05) is 26.2 Å². The van der Waals surface area contributed by atoms with Gasteiger partial charge in [-0.15, -0.1) is 0 Å². The van der Waals surface area contributed by atoms with Crippen LogP contribution >= 0.6 is 11.6 Å². The number of carbonyl (C=O) groups excluding carboxylic acids is 1. The summed E-state index contributed by atoms with van der Waals surface area (Å²) >= 11 is 5.86. The molecule has 126 valence electrons. The Kier molecular flexibility index (Phi) is 4.20. The van der Waals surface area contributed by atoms with Gasteiger partial charge in [0, 0.05) is 43.9 Å². The largest absolute Gasteiger partial charge is 0.339 e. The molecule has 1 saturated carbocycles. The number of carbonyl (C=O) groups is 1. The molecule has 4 rings (SSSR count). The fourth-order valence-electron chi connectivity index (χ4n) is 2.85. The van der Waals surface area contributed by atoms with E-state index in [0.717, 1.165) is 37.6 Å². The van der Waals surface area contributed by atoms with Crippen LogP contribution in [0.5, 0.6) is 0 Å². The predicted molar refractivity (Wildman–Crippen MR) is 86.7 cm³/mol. The highest BCUT2D eigenvalue weighted by Gasteiger charge is 2.30. The first-order valence-electron chi connectivity index (χ1n) is 8.15. The van der Waals surface area contributed by atoms with Crippen LogP contribution in [0.3, 0.4) is 0 Å². The number of hydrogen-bond donors (Lipinski definition) is 0. The number of pyridine rings is 1. The minimum atomic E-state index is -0.00506. The van der Waals surface area contributed by atoms with Crippen molar-refractivity contribution >= 4 is 17.5 Å². The first-order valence-corrected chi connectivity index (χ1v) is 8.52. The summed E-state index contributed by atoms with van der Waals surface area (Å²) in [7, 11) is 0. The van der Waals surface area contributed by atoms with Gasteiger partial charge in [0.25, 0.3) is 5.91 Å². The second kappa shape index (κ2) is 6.49. The second-order valence-corrected chi connectivity index (χ2v) is 6.65. The third kappa shape index (κ3) is 3.42. The summed E-state index contributed by atoms with van der Waals surface area (Å²) in [6, 6.07) is 3.30. The molecule has 1 amide bonds. The summed E-state index contributed by atoms with van der Waals surface area (Å²) in [6.45, 7) is 3.59. The van der Waals surface area contributed by atoms with Crippen LogP contribution in [0.1, 0.15) is 40.8 Å². The molecule has 2 aliphatic rings. The maximum absolute atomic E-state index is 12.5. The Labute approximate surface area is 144 Å². The molecule has 24 heavy (non-hydrogen) atoms. The smallest absolute Gasteiger partial charge is 0.254 e. The van der Waals surface area contributed by atoms with Crippen LogP contribution in [0.2, 0.25) is 5.15 Å². The van der Waals surface area contributed by atoms with Gasteiger partial charge in [-0.05, 0) is 25.0 Å². The van der Waals surface area contributed by atoms with Gasteiger partial charge in [0.2, 0.25) is 5.89 Å². The average Bonchev–Trinajstić information content (AvgIpc) is 3.35. The molecule has 2 fully saturated rings. The molecule has 7 nitrogen and oxygen atoms in total. The van der Waals surface area contributed by atoms with E-state index in [9.17, 15) is 4.79 Å². The Bertz CT molecular complexity index is 738. The van der Waals surface area contributed by atoms with Crippen molar-refractivity contribution in [1.82, 2.24) is 24.9 Å². The van der Waals surface area contributed by atoms with Gasteiger partial charge in [0.1, 0.15) is 5.15 Å². The van der Waals surface area contributed by atoms with Gasteiger partial charge in [0.05, 0.1) is 6.54 Å². The second-order valence-electron chi connectivity index (χ2n) is 6.26. The first kappa shape index (κ1) is 15.5. The van der Waals surface area contributed by atoms with E-state index in [-0.39, 0.29) is 5.91 Å². The number of aromatic nitrogens is 3. The van der Waals surface area contributed by atoms with Gasteiger partial charge in [0.15, 0.2) is 5.82 Å². The zero-order valence-electron chi connectivity index (χ0n) is 13.2. The van der Waals surface area contributed by atoms with Gasteiger partial charge >= 0.3 is 0 Å². The molecule has 2 aromatic rings. The van der Waals surface area contributed by atoms with Crippen LogP contribution < -0.4 is 0 Å². The van der Waals surface area contributed by atoms with E-state index in [1.165, 1.54) is 0 Å². The zero-order chi connectivity index (χ0) is 16.5. The Morgan fingerprint density at radius 2 is 2.08 bits per heavy atom. The molecule has 1 aliphatic heterocycles. The van der Waals surface area contributed by atoms with Crippen LogP contribution in [0.15, 0.2) is 22.9 Å². The molecule has 0 unspecified atom stereocenters. The number of nitrogens with zero attached hydrogens (tertiary/aromatic N) is 5. The van der Waals surface area contributed by atoms with Crippen molar-refractivity contribution in [3.8, 4) is 0 Å². The van der Waals surface area contributed by atoms with E-state index in [1.54, 1.807) is 18.3 Å². The number of rotatable bonds is 4. The molecule has 0 atom stereocenters. The molecule has 2 aromatic heterocycles. The highest BCUT2D eigenvalue weighted by atomic mass is 35.5. The van der Waals surface area contributed by atoms with E-state index in [0.29, 0.717) is 36.3 Å². The van der Waals surface area contributed by atoms with Crippen LogP contribution in [0.4, 0.5) is 0 Å². The summed E-state index contributed by atoms with van der Waals surface area (Å²) in [6.07, 6.45) is 3.86. The summed E-state index contributed by atoms with van der Waals surface area (Å²) in [5.74, 6) is 1.98. The molecule has 1 aliphatic carbocycles. The van der Waals surface area contributed by atoms with Crippen LogP contribution in [0, 0.1) is 0 Å². The van der Waals surface area contributed by atoms with Crippen molar-refractivity contribution in [2.45, 2.75) is 25.3 Å². The van der Waals surface area contributed by atoms with Crippen LogP contribution in [-0.4, -0.2) is 57.0 Å². The molecule has 0 spiro atoms. The maximum atomic E-state index is 12.5.